The molecule has 1 aromatic rings. The first kappa shape index (κ1) is 14.2. The van der Waals surface area contributed by atoms with E-state index in [1.54, 1.807) is 0 Å². The summed E-state index contributed by atoms with van der Waals surface area (Å²) in [6.07, 6.45) is 0.469. The zero-order chi connectivity index (χ0) is 13.1. The van der Waals surface area contributed by atoms with Gasteiger partial charge in [0.15, 0.2) is 0 Å². The number of nitrogens with two attached hydrogens (primary N) is 1. The van der Waals surface area contributed by atoms with Crippen molar-refractivity contribution in [3.05, 3.63) is 34.3 Å². The molecule has 0 aliphatic rings. The van der Waals surface area contributed by atoms with Crippen molar-refractivity contribution >= 4 is 21.9 Å². The molecule has 4 heteroatoms. The van der Waals surface area contributed by atoms with Crippen LogP contribution in [0.5, 0.6) is 0 Å². The average molecular weight is 300 g/mol. The largest absolute Gasteiger partial charge is 0.459 e. The van der Waals surface area contributed by atoms with Gasteiger partial charge in [0.05, 0.1) is 0 Å². The van der Waals surface area contributed by atoms with E-state index in [1.165, 1.54) is 0 Å². The molecule has 0 spiro atoms. The van der Waals surface area contributed by atoms with Crippen molar-refractivity contribution in [3.63, 3.8) is 0 Å². The molecule has 0 unspecified atom stereocenters. The van der Waals surface area contributed by atoms with Crippen LogP contribution in [-0.2, 0) is 16.0 Å². The Balaban J connectivity index is 2.64. The van der Waals surface area contributed by atoms with Crippen LogP contribution in [0.15, 0.2) is 28.7 Å². The topological polar surface area (TPSA) is 52.3 Å². The molecule has 0 aliphatic carbocycles. The molecule has 0 heterocycles. The minimum atomic E-state index is -0.632. The molecule has 1 rings (SSSR count). The number of ether oxygens (including phenoxy) is 1. The van der Waals surface area contributed by atoms with Gasteiger partial charge in [-0.15, -0.1) is 0 Å². The fraction of sp³-hybridized carbons (Fsp3) is 0.462. The predicted molar refractivity (Wildman–Crippen MR) is 71.7 cm³/mol. The number of carbonyl (C=O) groups is 1. The third-order valence-corrected chi connectivity index (χ3v) is 2.88. The molecule has 0 bridgehead atoms. The van der Waals surface area contributed by atoms with Crippen LogP contribution in [0.2, 0.25) is 0 Å². The summed E-state index contributed by atoms with van der Waals surface area (Å²) in [4.78, 5) is 11.7. The third kappa shape index (κ3) is 4.88. The Morgan fingerprint density at radius 3 is 2.53 bits per heavy atom. The second kappa shape index (κ2) is 5.65. The Morgan fingerprint density at radius 1 is 1.41 bits per heavy atom. The van der Waals surface area contributed by atoms with E-state index in [1.807, 2.05) is 45.0 Å². The Kier molecular flexibility index (Phi) is 4.71. The van der Waals surface area contributed by atoms with Crippen molar-refractivity contribution in [1.29, 1.82) is 0 Å². The van der Waals surface area contributed by atoms with E-state index in [0.29, 0.717) is 6.42 Å². The number of carbonyl (C=O) groups excluding carboxylic acids is 1. The van der Waals surface area contributed by atoms with E-state index < -0.39 is 11.6 Å². The van der Waals surface area contributed by atoms with E-state index in [-0.39, 0.29) is 5.97 Å². The van der Waals surface area contributed by atoms with Gasteiger partial charge < -0.3 is 10.5 Å². The number of halogens is 1. The summed E-state index contributed by atoms with van der Waals surface area (Å²) < 4.78 is 6.19. The Morgan fingerprint density at radius 2 is 2.00 bits per heavy atom. The van der Waals surface area contributed by atoms with E-state index in [9.17, 15) is 4.79 Å². The summed E-state index contributed by atoms with van der Waals surface area (Å²) in [5.41, 5.74) is 6.34. The second-order valence-electron chi connectivity index (χ2n) is 4.94. The monoisotopic (exact) mass is 299 g/mol. The second-order valence-corrected chi connectivity index (χ2v) is 5.79. The van der Waals surface area contributed by atoms with Crippen molar-refractivity contribution in [2.75, 3.05) is 0 Å². The SMILES string of the molecule is CC(C)(C)OC(=O)[C@@H](N)Cc1ccccc1Br. The molecule has 0 fully saturated rings. The predicted octanol–water partition coefficient (Wildman–Crippen LogP) is 2.66. The number of benzene rings is 1. The average Bonchev–Trinajstić information content (AvgIpc) is 2.18. The minimum Gasteiger partial charge on any atom is -0.459 e. The van der Waals surface area contributed by atoms with Gasteiger partial charge in [-0.3, -0.25) is 4.79 Å². The standard InChI is InChI=1S/C13H18BrNO2/c1-13(2,3)17-12(16)11(15)8-9-6-4-5-7-10(9)14/h4-7,11H,8,15H2,1-3H3/t11-/m0/s1. The normalized spacial score (nSPS) is 13.2. The van der Waals surface area contributed by atoms with Gasteiger partial charge in [-0.25, -0.2) is 0 Å². The maximum atomic E-state index is 11.7. The lowest BCUT2D eigenvalue weighted by Gasteiger charge is -2.22. The highest BCUT2D eigenvalue weighted by Crippen LogP contribution is 2.18. The summed E-state index contributed by atoms with van der Waals surface area (Å²) in [7, 11) is 0. The van der Waals surface area contributed by atoms with E-state index in [4.69, 9.17) is 10.5 Å². The van der Waals surface area contributed by atoms with E-state index >= 15 is 0 Å². The summed E-state index contributed by atoms with van der Waals surface area (Å²) in [5, 5.41) is 0. The Bertz CT molecular complexity index is 399. The molecule has 94 valence electrons. The highest BCUT2D eigenvalue weighted by atomic mass is 79.9. The van der Waals surface area contributed by atoms with Crippen molar-refractivity contribution in [2.45, 2.75) is 38.8 Å². The van der Waals surface area contributed by atoms with Gasteiger partial charge in [0.1, 0.15) is 11.6 Å². The van der Waals surface area contributed by atoms with Gasteiger partial charge in [-0.05, 0) is 38.8 Å². The van der Waals surface area contributed by atoms with Crippen LogP contribution >= 0.6 is 15.9 Å². The first-order valence-corrected chi connectivity index (χ1v) is 6.31. The maximum Gasteiger partial charge on any atom is 0.323 e. The van der Waals surface area contributed by atoms with Crippen molar-refractivity contribution in [2.24, 2.45) is 5.73 Å². The zero-order valence-corrected chi connectivity index (χ0v) is 12.0. The third-order valence-electron chi connectivity index (χ3n) is 2.11. The van der Waals surface area contributed by atoms with Gasteiger partial charge in [-0.2, -0.15) is 0 Å². The van der Waals surface area contributed by atoms with Crippen molar-refractivity contribution in [3.8, 4) is 0 Å². The number of rotatable bonds is 3. The molecule has 1 atom stereocenters. The summed E-state index contributed by atoms with van der Waals surface area (Å²) in [6.45, 7) is 5.49. The molecular formula is C13H18BrNO2. The van der Waals surface area contributed by atoms with Crippen molar-refractivity contribution in [1.82, 2.24) is 0 Å². The number of esters is 1. The number of hydrogen-bond acceptors (Lipinski definition) is 3. The lowest BCUT2D eigenvalue weighted by Crippen LogP contribution is -2.38. The van der Waals surface area contributed by atoms with Crippen LogP contribution in [0, 0.1) is 0 Å². The summed E-state index contributed by atoms with van der Waals surface area (Å²) >= 11 is 3.43. The summed E-state index contributed by atoms with van der Waals surface area (Å²) in [5.74, 6) is -0.367. The van der Waals surface area contributed by atoms with Gasteiger partial charge in [0.2, 0.25) is 0 Å². The van der Waals surface area contributed by atoms with Gasteiger partial charge in [-0.1, -0.05) is 34.1 Å². The van der Waals surface area contributed by atoms with Gasteiger partial charge in [0.25, 0.3) is 0 Å². The fourth-order valence-corrected chi connectivity index (χ4v) is 1.81. The maximum absolute atomic E-state index is 11.7. The molecular weight excluding hydrogens is 282 g/mol. The zero-order valence-electron chi connectivity index (χ0n) is 10.4. The highest BCUT2D eigenvalue weighted by Gasteiger charge is 2.22. The summed E-state index contributed by atoms with van der Waals surface area (Å²) in [6, 6.07) is 7.08. The molecule has 2 N–H and O–H groups in total. The van der Waals surface area contributed by atoms with Crippen LogP contribution in [-0.4, -0.2) is 17.6 Å². The molecule has 0 saturated heterocycles. The van der Waals surface area contributed by atoms with Gasteiger partial charge in [0, 0.05) is 4.47 Å². The van der Waals surface area contributed by atoms with Crippen LogP contribution < -0.4 is 5.73 Å². The molecule has 0 radical (unpaired) electrons. The Labute approximate surface area is 110 Å². The van der Waals surface area contributed by atoms with Crippen LogP contribution in [0.1, 0.15) is 26.3 Å². The quantitative estimate of drug-likeness (QED) is 0.873. The Hall–Kier alpha value is -0.870. The lowest BCUT2D eigenvalue weighted by atomic mass is 10.1. The smallest absolute Gasteiger partial charge is 0.323 e. The van der Waals surface area contributed by atoms with E-state index in [0.717, 1.165) is 10.0 Å². The van der Waals surface area contributed by atoms with Crippen LogP contribution in [0.3, 0.4) is 0 Å². The van der Waals surface area contributed by atoms with E-state index in [2.05, 4.69) is 15.9 Å². The fourth-order valence-electron chi connectivity index (χ4n) is 1.36. The first-order valence-electron chi connectivity index (χ1n) is 5.51. The molecule has 0 aromatic heterocycles. The minimum absolute atomic E-state index is 0.367. The molecule has 3 nitrogen and oxygen atoms in total. The van der Waals surface area contributed by atoms with Crippen LogP contribution in [0.4, 0.5) is 0 Å². The molecule has 0 amide bonds. The van der Waals surface area contributed by atoms with Crippen molar-refractivity contribution < 1.29 is 9.53 Å². The molecule has 0 aliphatic heterocycles. The lowest BCUT2D eigenvalue weighted by molar-refractivity contribution is -0.156. The number of hydrogen-bond donors (Lipinski definition) is 1. The van der Waals surface area contributed by atoms with Gasteiger partial charge >= 0.3 is 5.97 Å². The van der Waals surface area contributed by atoms with Crippen LogP contribution in [0.25, 0.3) is 0 Å². The first-order chi connectivity index (χ1) is 7.79. The molecule has 1 aromatic carbocycles. The molecule has 0 saturated carbocycles. The highest BCUT2D eigenvalue weighted by molar-refractivity contribution is 9.10. The molecule has 17 heavy (non-hydrogen) atoms.